The lowest BCUT2D eigenvalue weighted by atomic mass is 9.86. The van der Waals surface area contributed by atoms with Gasteiger partial charge >= 0.3 is 0 Å². The fourth-order valence-electron chi connectivity index (χ4n) is 6.94. The highest BCUT2D eigenvalue weighted by atomic mass is 14.9. The second-order valence-electron chi connectivity index (χ2n) is 14.2. The van der Waals surface area contributed by atoms with Gasteiger partial charge in [0.2, 0.25) is 0 Å². The van der Waals surface area contributed by atoms with Gasteiger partial charge in [0.05, 0.1) is 16.6 Å². The molecule has 43 heavy (non-hydrogen) atoms. The molecule has 1 nitrogen and oxygen atoms in total. The molecule has 0 unspecified atom stereocenters. The van der Waals surface area contributed by atoms with Crippen molar-refractivity contribution < 1.29 is 0 Å². The normalized spacial score (nSPS) is 12.8. The quantitative estimate of drug-likeness (QED) is 0.204. The number of hydrogen-bond acceptors (Lipinski definition) is 0. The van der Waals surface area contributed by atoms with Crippen LogP contribution < -0.4 is 0 Å². The summed E-state index contributed by atoms with van der Waals surface area (Å²) in [6.07, 6.45) is 0. The van der Waals surface area contributed by atoms with Crippen molar-refractivity contribution >= 4 is 59.6 Å². The average molecular weight is 556 g/mol. The summed E-state index contributed by atoms with van der Waals surface area (Å²) in [4.78, 5) is 0. The van der Waals surface area contributed by atoms with E-state index < -0.39 is 0 Å². The van der Waals surface area contributed by atoms with Gasteiger partial charge in [-0.2, -0.15) is 0 Å². The van der Waals surface area contributed by atoms with E-state index in [0.29, 0.717) is 11.8 Å². The molecular weight excluding hydrogens is 518 g/mol. The molecule has 2 aromatic heterocycles. The number of nitrogens with zero attached hydrogens (tertiary/aromatic N) is 1. The molecule has 2 heterocycles. The van der Waals surface area contributed by atoms with Crippen LogP contribution in [0.15, 0.2) is 84.9 Å². The fourth-order valence-corrected chi connectivity index (χ4v) is 6.94. The summed E-state index contributed by atoms with van der Waals surface area (Å²) in [6.45, 7) is 15.8. The largest absolute Gasteiger partial charge is 0.308 e. The molecule has 1 heteroatoms. The van der Waals surface area contributed by atoms with Crippen molar-refractivity contribution in [2.45, 2.75) is 65.7 Å². The molecule has 0 atom stereocenters. The molecular formula is C42H37N. The monoisotopic (exact) mass is 555 g/mol. The molecule has 8 rings (SSSR count). The Bertz CT molecular complexity index is 2220. The van der Waals surface area contributed by atoms with Crippen LogP contribution >= 0.6 is 0 Å². The predicted molar refractivity (Wildman–Crippen MR) is 186 cm³/mol. The number of hydrogen-bond donors (Lipinski definition) is 0. The maximum atomic E-state index is 3.49. The minimum atomic E-state index is 0.128. The van der Waals surface area contributed by atoms with Crippen molar-refractivity contribution in [1.29, 1.82) is 0 Å². The maximum absolute atomic E-state index is 3.49. The third kappa shape index (κ3) is 3.93. The second kappa shape index (κ2) is 8.98. The Morgan fingerprint density at radius 1 is 0.558 bits per heavy atom. The summed E-state index contributed by atoms with van der Waals surface area (Å²) in [6, 6.07) is 39.7. The lowest BCUT2D eigenvalue weighted by Gasteiger charge is -2.19. The van der Waals surface area contributed by atoms with E-state index in [1.807, 2.05) is 0 Å². The van der Waals surface area contributed by atoms with E-state index in [9.17, 15) is 0 Å². The van der Waals surface area contributed by atoms with Gasteiger partial charge in [-0.05, 0) is 98.1 Å². The molecule has 0 aliphatic carbocycles. The molecule has 0 N–H and O–H groups in total. The molecule has 6 aromatic carbocycles. The van der Waals surface area contributed by atoms with Crippen molar-refractivity contribution in [2.75, 3.05) is 0 Å². The zero-order valence-corrected chi connectivity index (χ0v) is 26.2. The van der Waals surface area contributed by atoms with Crippen molar-refractivity contribution in [3.8, 4) is 11.1 Å². The van der Waals surface area contributed by atoms with E-state index in [1.165, 1.54) is 82.1 Å². The van der Waals surface area contributed by atoms with Crippen molar-refractivity contribution in [2.24, 2.45) is 0 Å². The summed E-state index contributed by atoms with van der Waals surface area (Å²) >= 11 is 0. The van der Waals surface area contributed by atoms with Crippen LogP contribution in [-0.2, 0) is 5.41 Å². The smallest absolute Gasteiger partial charge is 0.0620 e. The maximum Gasteiger partial charge on any atom is 0.0620 e. The first-order valence-electron chi connectivity index (χ1n) is 15.7. The number of rotatable bonds is 3. The highest BCUT2D eigenvalue weighted by Crippen LogP contribution is 2.44. The van der Waals surface area contributed by atoms with Crippen LogP contribution in [0.25, 0.3) is 70.8 Å². The molecule has 0 amide bonds. The third-order valence-corrected chi connectivity index (χ3v) is 9.57. The van der Waals surface area contributed by atoms with Gasteiger partial charge in [0.15, 0.2) is 0 Å². The Labute approximate surface area is 254 Å². The summed E-state index contributed by atoms with van der Waals surface area (Å²) in [5.41, 5.74) is 10.4. The molecule has 0 aliphatic heterocycles. The third-order valence-electron chi connectivity index (χ3n) is 9.57. The second-order valence-corrected chi connectivity index (χ2v) is 14.2. The van der Waals surface area contributed by atoms with Gasteiger partial charge in [-0.3, -0.25) is 0 Å². The predicted octanol–water partition coefficient (Wildman–Crippen LogP) is 12.0. The van der Waals surface area contributed by atoms with E-state index >= 15 is 0 Å². The van der Waals surface area contributed by atoms with Crippen LogP contribution in [0.4, 0.5) is 0 Å². The molecule has 210 valence electrons. The zero-order chi connectivity index (χ0) is 29.8. The van der Waals surface area contributed by atoms with Crippen LogP contribution in [0.5, 0.6) is 0 Å². The van der Waals surface area contributed by atoms with E-state index in [1.54, 1.807) is 0 Å². The molecule has 0 radical (unpaired) electrons. The molecule has 0 saturated heterocycles. The molecule has 0 aliphatic rings. The van der Waals surface area contributed by atoms with Gasteiger partial charge in [0.25, 0.3) is 0 Å². The summed E-state index contributed by atoms with van der Waals surface area (Å²) < 4.78 is 2.50. The van der Waals surface area contributed by atoms with Crippen LogP contribution in [-0.4, -0.2) is 4.40 Å². The van der Waals surface area contributed by atoms with Gasteiger partial charge < -0.3 is 4.40 Å². The molecule has 0 spiro atoms. The molecule has 0 saturated carbocycles. The minimum Gasteiger partial charge on any atom is -0.308 e. The first-order chi connectivity index (χ1) is 20.6. The topological polar surface area (TPSA) is 4.41 Å². The Balaban J connectivity index is 1.50. The first kappa shape index (κ1) is 26.1. The highest BCUT2D eigenvalue weighted by Gasteiger charge is 2.21. The molecule has 8 aromatic rings. The van der Waals surface area contributed by atoms with Crippen molar-refractivity contribution in [3.05, 3.63) is 114 Å². The Kier molecular flexibility index (Phi) is 5.45. The van der Waals surface area contributed by atoms with Crippen LogP contribution in [0, 0.1) is 12.1 Å². The summed E-state index contributed by atoms with van der Waals surface area (Å²) in [5, 5.41) is 10.2. The molecule has 0 fully saturated rings. The van der Waals surface area contributed by atoms with E-state index in [2.05, 4.69) is 150 Å². The summed E-state index contributed by atoms with van der Waals surface area (Å²) in [5.74, 6) is 0.918. The van der Waals surface area contributed by atoms with Crippen LogP contribution in [0.2, 0.25) is 0 Å². The fraction of sp³-hybridized carbons (Fsp3) is 0.238. The Hall–Kier alpha value is -4.54. The summed E-state index contributed by atoms with van der Waals surface area (Å²) in [7, 11) is 0. The standard InChI is InChI=1S/C42H37N/c1-24(2)27-8-10-29-22-39-35(18-31(29)16-27)37-20-33(26-12-14-34(15-13-26)42(5,6)7)21-38-36-19-32-17-28(25(3)4)9-11-30(32)23-40(36)43(39)41(37)38/h8,10,12-25H,1-7H3. The highest BCUT2D eigenvalue weighted by molar-refractivity contribution is 6.26. The van der Waals surface area contributed by atoms with E-state index in [4.69, 9.17) is 0 Å². The minimum absolute atomic E-state index is 0.128. The molecule has 0 bridgehead atoms. The van der Waals surface area contributed by atoms with Gasteiger partial charge in [0.1, 0.15) is 0 Å². The number of aromatic nitrogens is 1. The van der Waals surface area contributed by atoms with Gasteiger partial charge in [-0.1, -0.05) is 103 Å². The van der Waals surface area contributed by atoms with Gasteiger partial charge in [-0.25, -0.2) is 0 Å². The van der Waals surface area contributed by atoms with Crippen LogP contribution in [0.1, 0.15) is 77.0 Å². The lowest BCUT2D eigenvalue weighted by Crippen LogP contribution is -2.10. The Morgan fingerprint density at radius 3 is 1.88 bits per heavy atom. The van der Waals surface area contributed by atoms with Crippen LogP contribution in [0.3, 0.4) is 0 Å². The van der Waals surface area contributed by atoms with Gasteiger partial charge in [0, 0.05) is 32.5 Å². The zero-order valence-electron chi connectivity index (χ0n) is 26.2. The van der Waals surface area contributed by atoms with Crippen molar-refractivity contribution in [3.63, 3.8) is 0 Å². The SMILES string of the molecule is CC(C)c1c#cc2cc3c(cc2c1)c1cc(-c2ccc(C(C)(C)C)cc2)cc2c4cc5cc(C(C)C)ccc5cc4n3c12. The van der Waals surface area contributed by atoms with Gasteiger partial charge in [-0.15, -0.1) is 0 Å². The van der Waals surface area contributed by atoms with Crippen molar-refractivity contribution in [1.82, 2.24) is 4.40 Å². The number of fused-ring (bicyclic) bond motifs is 8. The van der Waals surface area contributed by atoms with E-state index in [0.717, 1.165) is 5.39 Å². The Morgan fingerprint density at radius 2 is 1.23 bits per heavy atom. The average Bonchev–Trinajstić information content (AvgIpc) is 3.48. The number of benzene rings is 5. The van der Waals surface area contributed by atoms with E-state index in [-0.39, 0.29) is 5.41 Å². The lowest BCUT2D eigenvalue weighted by molar-refractivity contribution is 0.590. The first-order valence-corrected chi connectivity index (χ1v) is 15.7.